The molecular formula is C23H33N3O3. The van der Waals surface area contributed by atoms with Gasteiger partial charge in [-0.25, -0.2) is 4.79 Å². The number of nitrogens with one attached hydrogen (secondary N) is 1. The molecule has 6 heteroatoms. The van der Waals surface area contributed by atoms with Crippen LogP contribution in [0.25, 0.3) is 0 Å². The van der Waals surface area contributed by atoms with Crippen molar-refractivity contribution in [2.45, 2.75) is 44.5 Å². The van der Waals surface area contributed by atoms with Crippen molar-refractivity contribution in [1.29, 1.82) is 0 Å². The van der Waals surface area contributed by atoms with Crippen LogP contribution >= 0.6 is 0 Å². The first-order chi connectivity index (χ1) is 14.2. The van der Waals surface area contributed by atoms with Crippen molar-refractivity contribution in [3.63, 3.8) is 0 Å². The summed E-state index contributed by atoms with van der Waals surface area (Å²) in [7, 11) is 0. The quantitative estimate of drug-likeness (QED) is 0.797. The summed E-state index contributed by atoms with van der Waals surface area (Å²) in [4.78, 5) is 16.7. The molecular weight excluding hydrogens is 366 g/mol. The number of nitrogens with zero attached hydrogens (tertiary/aromatic N) is 2. The minimum atomic E-state index is -0.204. The van der Waals surface area contributed by atoms with Gasteiger partial charge in [-0.15, -0.1) is 0 Å². The molecule has 0 radical (unpaired) electrons. The Morgan fingerprint density at radius 1 is 1.07 bits per heavy atom. The molecule has 1 aromatic carbocycles. The SMILES string of the molecule is O=C(OCc1ccccc1)N1CCC(OC2CC(CN3CC4(CNC4)C3)C2)CC1. The van der Waals surface area contributed by atoms with Gasteiger partial charge in [0.25, 0.3) is 0 Å². The van der Waals surface area contributed by atoms with Gasteiger partial charge in [0.05, 0.1) is 12.2 Å². The van der Waals surface area contributed by atoms with E-state index in [0.717, 1.165) is 37.4 Å². The van der Waals surface area contributed by atoms with Crippen LogP contribution in [0, 0.1) is 11.3 Å². The van der Waals surface area contributed by atoms with Crippen molar-refractivity contribution in [2.75, 3.05) is 45.8 Å². The third-order valence-electron chi connectivity index (χ3n) is 7.12. The number of hydrogen-bond acceptors (Lipinski definition) is 5. The Kier molecular flexibility index (Phi) is 5.50. The molecule has 1 aliphatic carbocycles. The molecule has 3 heterocycles. The van der Waals surface area contributed by atoms with Gasteiger partial charge in [0.2, 0.25) is 0 Å². The summed E-state index contributed by atoms with van der Waals surface area (Å²) in [6, 6.07) is 9.84. The van der Waals surface area contributed by atoms with E-state index in [-0.39, 0.29) is 6.09 Å². The zero-order valence-electron chi connectivity index (χ0n) is 17.2. The zero-order valence-corrected chi connectivity index (χ0v) is 17.2. The van der Waals surface area contributed by atoms with Gasteiger partial charge in [0.1, 0.15) is 6.61 Å². The lowest BCUT2D eigenvalue weighted by Crippen LogP contribution is -2.71. The highest BCUT2D eigenvalue weighted by molar-refractivity contribution is 5.67. The minimum Gasteiger partial charge on any atom is -0.445 e. The topological polar surface area (TPSA) is 54.0 Å². The lowest BCUT2D eigenvalue weighted by Gasteiger charge is -2.57. The highest BCUT2D eigenvalue weighted by atomic mass is 16.6. The summed E-state index contributed by atoms with van der Waals surface area (Å²) in [5.41, 5.74) is 1.66. The molecule has 4 aliphatic rings. The highest BCUT2D eigenvalue weighted by Gasteiger charge is 2.48. The molecule has 1 amide bonds. The number of piperidine rings is 1. The predicted octanol–water partition coefficient (Wildman–Crippen LogP) is 2.49. The van der Waals surface area contributed by atoms with Gasteiger partial charge in [0.15, 0.2) is 0 Å². The van der Waals surface area contributed by atoms with Crippen LogP contribution in [0.4, 0.5) is 4.79 Å². The molecule has 4 fully saturated rings. The maximum Gasteiger partial charge on any atom is 0.410 e. The summed E-state index contributed by atoms with van der Waals surface area (Å²) in [6.07, 6.45) is 4.79. The number of carbonyl (C=O) groups excluding carboxylic acids is 1. The molecule has 3 aliphatic heterocycles. The van der Waals surface area contributed by atoms with Gasteiger partial charge in [-0.3, -0.25) is 0 Å². The summed E-state index contributed by atoms with van der Waals surface area (Å²) in [5.74, 6) is 0.818. The maximum atomic E-state index is 12.3. The first-order valence-corrected chi connectivity index (χ1v) is 11.2. The van der Waals surface area contributed by atoms with Crippen LogP contribution in [0.2, 0.25) is 0 Å². The number of likely N-dealkylation sites (tertiary alicyclic amines) is 2. The van der Waals surface area contributed by atoms with Crippen molar-refractivity contribution >= 4 is 6.09 Å². The van der Waals surface area contributed by atoms with E-state index in [1.807, 2.05) is 35.2 Å². The van der Waals surface area contributed by atoms with Gasteiger partial charge in [-0.2, -0.15) is 0 Å². The normalized spacial score (nSPS) is 29.0. The van der Waals surface area contributed by atoms with E-state index in [0.29, 0.717) is 24.2 Å². The van der Waals surface area contributed by atoms with E-state index in [1.165, 1.54) is 45.6 Å². The minimum absolute atomic E-state index is 0.204. The number of rotatable bonds is 6. The summed E-state index contributed by atoms with van der Waals surface area (Å²) < 4.78 is 11.8. The van der Waals surface area contributed by atoms with E-state index in [2.05, 4.69) is 10.2 Å². The number of benzene rings is 1. The number of hydrogen-bond donors (Lipinski definition) is 1. The highest BCUT2D eigenvalue weighted by Crippen LogP contribution is 2.38. The van der Waals surface area contributed by atoms with Gasteiger partial charge >= 0.3 is 6.09 Å². The third-order valence-corrected chi connectivity index (χ3v) is 7.12. The second-order valence-corrected chi connectivity index (χ2v) is 9.60. The summed E-state index contributed by atoms with van der Waals surface area (Å²) in [6.45, 7) is 8.09. The zero-order chi connectivity index (χ0) is 19.7. The molecule has 1 N–H and O–H groups in total. The smallest absolute Gasteiger partial charge is 0.410 e. The molecule has 1 spiro atoms. The molecule has 3 saturated heterocycles. The molecule has 0 atom stereocenters. The Morgan fingerprint density at radius 3 is 2.45 bits per heavy atom. The van der Waals surface area contributed by atoms with Gasteiger partial charge in [0, 0.05) is 51.2 Å². The molecule has 29 heavy (non-hydrogen) atoms. The Balaban J connectivity index is 0.948. The van der Waals surface area contributed by atoms with Crippen LogP contribution in [-0.4, -0.2) is 73.9 Å². The van der Waals surface area contributed by atoms with E-state index >= 15 is 0 Å². The number of ether oxygens (including phenoxy) is 2. The van der Waals surface area contributed by atoms with Crippen molar-refractivity contribution in [1.82, 2.24) is 15.1 Å². The fraction of sp³-hybridized carbons (Fsp3) is 0.696. The molecule has 1 aromatic rings. The standard InChI is InChI=1S/C23H33N3O3/c27-22(28-13-18-4-2-1-3-5-18)26-8-6-20(7-9-26)29-21-10-19(11-21)12-25-16-23(17-25)14-24-15-23/h1-5,19-21,24H,6-17H2. The van der Waals surface area contributed by atoms with Crippen LogP contribution in [0.5, 0.6) is 0 Å². The van der Waals surface area contributed by atoms with E-state index in [4.69, 9.17) is 9.47 Å². The molecule has 0 bridgehead atoms. The lowest BCUT2D eigenvalue weighted by molar-refractivity contribution is -0.111. The van der Waals surface area contributed by atoms with Crippen LogP contribution < -0.4 is 5.32 Å². The third kappa shape index (κ3) is 4.44. The lowest BCUT2D eigenvalue weighted by atomic mass is 9.73. The molecule has 0 aromatic heterocycles. The second kappa shape index (κ2) is 8.25. The fourth-order valence-electron chi connectivity index (χ4n) is 5.29. The maximum absolute atomic E-state index is 12.3. The van der Waals surface area contributed by atoms with Crippen molar-refractivity contribution in [3.05, 3.63) is 35.9 Å². The fourth-order valence-corrected chi connectivity index (χ4v) is 5.29. The van der Waals surface area contributed by atoms with Crippen molar-refractivity contribution in [3.8, 4) is 0 Å². The molecule has 0 unspecified atom stereocenters. The summed E-state index contributed by atoms with van der Waals surface area (Å²) >= 11 is 0. The van der Waals surface area contributed by atoms with Crippen molar-refractivity contribution < 1.29 is 14.3 Å². The van der Waals surface area contributed by atoms with Crippen molar-refractivity contribution in [2.24, 2.45) is 11.3 Å². The Morgan fingerprint density at radius 2 is 1.79 bits per heavy atom. The Labute approximate surface area is 173 Å². The molecule has 5 rings (SSSR count). The first kappa shape index (κ1) is 19.3. The van der Waals surface area contributed by atoms with Crippen LogP contribution in [0.3, 0.4) is 0 Å². The predicted molar refractivity (Wildman–Crippen MR) is 111 cm³/mol. The van der Waals surface area contributed by atoms with E-state index in [9.17, 15) is 4.79 Å². The molecule has 6 nitrogen and oxygen atoms in total. The average molecular weight is 400 g/mol. The van der Waals surface area contributed by atoms with E-state index < -0.39 is 0 Å². The molecule has 1 saturated carbocycles. The monoisotopic (exact) mass is 399 g/mol. The average Bonchev–Trinajstić information content (AvgIpc) is 2.66. The van der Waals surface area contributed by atoms with E-state index in [1.54, 1.807) is 0 Å². The summed E-state index contributed by atoms with van der Waals surface area (Å²) in [5, 5.41) is 3.40. The number of carbonyl (C=O) groups is 1. The Bertz CT molecular complexity index is 687. The molecule has 158 valence electrons. The Hall–Kier alpha value is -1.63. The second-order valence-electron chi connectivity index (χ2n) is 9.60. The van der Waals surface area contributed by atoms with Crippen LogP contribution in [-0.2, 0) is 16.1 Å². The van der Waals surface area contributed by atoms with Gasteiger partial charge in [-0.1, -0.05) is 30.3 Å². The van der Waals surface area contributed by atoms with Gasteiger partial charge < -0.3 is 24.6 Å². The van der Waals surface area contributed by atoms with Crippen LogP contribution in [0.1, 0.15) is 31.2 Å². The van der Waals surface area contributed by atoms with Gasteiger partial charge in [-0.05, 0) is 37.2 Å². The van der Waals surface area contributed by atoms with Crippen LogP contribution in [0.15, 0.2) is 30.3 Å². The first-order valence-electron chi connectivity index (χ1n) is 11.2. The number of amides is 1. The largest absolute Gasteiger partial charge is 0.445 e.